The zero-order valence-electron chi connectivity index (χ0n) is 12.4. The van der Waals surface area contributed by atoms with Crippen LogP contribution in [0.5, 0.6) is 0 Å². The Morgan fingerprint density at radius 1 is 1.08 bits per heavy atom. The third-order valence-corrected chi connectivity index (χ3v) is 3.71. The fraction of sp³-hybridized carbons (Fsp3) is 0.0714. The van der Waals surface area contributed by atoms with Crippen LogP contribution in [-0.2, 0) is 11.0 Å². The Labute approximate surface area is 151 Å². The van der Waals surface area contributed by atoms with Gasteiger partial charge in [-0.15, -0.1) is 0 Å². The molecule has 0 fully saturated rings. The highest BCUT2D eigenvalue weighted by Gasteiger charge is 2.41. The summed E-state index contributed by atoms with van der Waals surface area (Å²) in [6.45, 7) is 0. The standard InChI is InChI=1S/C14H7BrF3N3O5/c15-8-2-1-3-9(4-8)19(7-22)13-11(14(16,17)18)5-10(20(23)24)6-12(13)21(25)26/h1-7H. The van der Waals surface area contributed by atoms with Crippen LogP contribution < -0.4 is 4.90 Å². The second-order valence-corrected chi connectivity index (χ2v) is 5.74. The number of hydrogen-bond donors (Lipinski definition) is 0. The number of carbonyl (C=O) groups excluding carboxylic acids is 1. The summed E-state index contributed by atoms with van der Waals surface area (Å²) in [6, 6.07) is 5.97. The molecular formula is C14H7BrF3N3O5. The van der Waals surface area contributed by atoms with Crippen LogP contribution in [-0.4, -0.2) is 16.3 Å². The Kier molecular flexibility index (Phi) is 5.25. The molecule has 2 aromatic carbocycles. The van der Waals surface area contributed by atoms with E-state index in [1.165, 1.54) is 24.3 Å². The van der Waals surface area contributed by atoms with Crippen molar-refractivity contribution < 1.29 is 27.8 Å². The molecule has 0 saturated carbocycles. The Morgan fingerprint density at radius 2 is 1.73 bits per heavy atom. The van der Waals surface area contributed by atoms with E-state index in [1.807, 2.05) is 0 Å². The number of non-ortho nitro benzene ring substituents is 1. The average Bonchev–Trinajstić information content (AvgIpc) is 2.54. The van der Waals surface area contributed by atoms with Crippen molar-refractivity contribution in [1.29, 1.82) is 0 Å². The largest absolute Gasteiger partial charge is 0.418 e. The lowest BCUT2D eigenvalue weighted by molar-refractivity contribution is -0.394. The van der Waals surface area contributed by atoms with Crippen LogP contribution in [0.3, 0.4) is 0 Å². The molecule has 136 valence electrons. The number of nitro benzene ring substituents is 2. The second kappa shape index (κ2) is 7.07. The van der Waals surface area contributed by atoms with E-state index in [1.54, 1.807) is 0 Å². The highest BCUT2D eigenvalue weighted by Crippen LogP contribution is 2.46. The van der Waals surface area contributed by atoms with Gasteiger partial charge in [0.1, 0.15) is 5.69 Å². The molecule has 12 heteroatoms. The molecule has 0 N–H and O–H groups in total. The van der Waals surface area contributed by atoms with Gasteiger partial charge in [0.25, 0.3) is 5.69 Å². The van der Waals surface area contributed by atoms with E-state index in [0.29, 0.717) is 15.4 Å². The number of alkyl halides is 3. The number of nitrogens with zero attached hydrogens (tertiary/aromatic N) is 3. The fourth-order valence-corrected chi connectivity index (χ4v) is 2.57. The van der Waals surface area contributed by atoms with Crippen LogP contribution in [0.2, 0.25) is 0 Å². The monoisotopic (exact) mass is 433 g/mol. The summed E-state index contributed by atoms with van der Waals surface area (Å²) in [6.07, 6.45) is -5.22. The predicted molar refractivity (Wildman–Crippen MR) is 87.1 cm³/mol. The first-order valence-corrected chi connectivity index (χ1v) is 7.39. The molecule has 0 radical (unpaired) electrons. The van der Waals surface area contributed by atoms with E-state index in [4.69, 9.17) is 0 Å². The van der Waals surface area contributed by atoms with Crippen molar-refractivity contribution in [2.45, 2.75) is 6.18 Å². The quantitative estimate of drug-likeness (QED) is 0.389. The van der Waals surface area contributed by atoms with Gasteiger partial charge < -0.3 is 0 Å². The first-order chi connectivity index (χ1) is 12.1. The molecule has 0 aliphatic rings. The third kappa shape index (κ3) is 3.79. The van der Waals surface area contributed by atoms with Gasteiger partial charge in [-0.25, -0.2) is 0 Å². The van der Waals surface area contributed by atoms with Crippen molar-refractivity contribution in [2.75, 3.05) is 4.90 Å². The van der Waals surface area contributed by atoms with Gasteiger partial charge in [0, 0.05) is 10.5 Å². The first kappa shape index (κ1) is 19.3. The van der Waals surface area contributed by atoms with Gasteiger partial charge in [0.2, 0.25) is 6.41 Å². The minimum Gasteiger partial charge on any atom is -0.278 e. The number of anilines is 2. The van der Waals surface area contributed by atoms with Gasteiger partial charge in [-0.2, -0.15) is 13.2 Å². The van der Waals surface area contributed by atoms with Gasteiger partial charge in [0.15, 0.2) is 0 Å². The molecule has 0 atom stereocenters. The van der Waals surface area contributed by atoms with Crippen LogP contribution in [0.15, 0.2) is 40.9 Å². The van der Waals surface area contributed by atoms with Crippen LogP contribution >= 0.6 is 15.9 Å². The van der Waals surface area contributed by atoms with E-state index < -0.39 is 38.6 Å². The van der Waals surface area contributed by atoms with Crippen LogP contribution in [0.25, 0.3) is 0 Å². The number of halogens is 4. The Hall–Kier alpha value is -3.02. The number of amides is 1. The van der Waals surface area contributed by atoms with Crippen LogP contribution in [0, 0.1) is 20.2 Å². The van der Waals surface area contributed by atoms with Gasteiger partial charge in [-0.1, -0.05) is 22.0 Å². The van der Waals surface area contributed by atoms with Crippen molar-refractivity contribution in [3.8, 4) is 0 Å². The summed E-state index contributed by atoms with van der Waals surface area (Å²) in [5, 5.41) is 22.1. The van der Waals surface area contributed by atoms with Crippen molar-refractivity contribution in [2.24, 2.45) is 0 Å². The molecule has 0 bridgehead atoms. The minimum absolute atomic E-state index is 0.0365. The molecule has 0 saturated heterocycles. The average molecular weight is 434 g/mol. The second-order valence-electron chi connectivity index (χ2n) is 4.83. The molecule has 0 aromatic heterocycles. The first-order valence-electron chi connectivity index (χ1n) is 6.60. The molecular weight excluding hydrogens is 427 g/mol. The Balaban J connectivity index is 2.89. The summed E-state index contributed by atoms with van der Waals surface area (Å²) in [5.41, 5.74) is -5.23. The maximum absolute atomic E-state index is 13.4. The molecule has 2 aromatic rings. The van der Waals surface area contributed by atoms with Gasteiger partial charge in [0.05, 0.1) is 27.2 Å². The molecule has 2 rings (SSSR count). The highest BCUT2D eigenvalue weighted by atomic mass is 79.9. The maximum atomic E-state index is 13.4. The minimum atomic E-state index is -5.18. The van der Waals surface area contributed by atoms with Gasteiger partial charge >= 0.3 is 11.9 Å². The van der Waals surface area contributed by atoms with E-state index >= 15 is 0 Å². The highest BCUT2D eigenvalue weighted by molar-refractivity contribution is 9.10. The smallest absolute Gasteiger partial charge is 0.278 e. The third-order valence-electron chi connectivity index (χ3n) is 3.22. The molecule has 0 heterocycles. The van der Waals surface area contributed by atoms with Crippen LogP contribution in [0.4, 0.5) is 35.9 Å². The number of carbonyl (C=O) groups is 1. The number of nitro groups is 2. The number of hydrogen-bond acceptors (Lipinski definition) is 5. The van der Waals surface area contributed by atoms with Crippen molar-refractivity contribution >= 4 is 45.1 Å². The SMILES string of the molecule is O=CN(c1cccc(Br)c1)c1c([N+](=O)[O-])cc([N+](=O)[O-])cc1C(F)(F)F. The molecule has 8 nitrogen and oxygen atoms in total. The van der Waals surface area contributed by atoms with Crippen molar-refractivity contribution in [1.82, 2.24) is 0 Å². The van der Waals surface area contributed by atoms with E-state index in [0.717, 1.165) is 0 Å². The summed E-state index contributed by atoms with van der Waals surface area (Å²) in [5.74, 6) is 0. The van der Waals surface area contributed by atoms with Gasteiger partial charge in [-0.05, 0) is 18.2 Å². The lowest BCUT2D eigenvalue weighted by Gasteiger charge is -2.22. The molecule has 0 unspecified atom stereocenters. The van der Waals surface area contributed by atoms with E-state index in [9.17, 15) is 38.2 Å². The lowest BCUT2D eigenvalue weighted by Crippen LogP contribution is -2.21. The predicted octanol–water partition coefficient (Wildman–Crippen LogP) is 4.58. The molecule has 0 aliphatic carbocycles. The normalized spacial score (nSPS) is 11.1. The summed E-state index contributed by atoms with van der Waals surface area (Å²) < 4.78 is 40.7. The van der Waals surface area contributed by atoms with E-state index in [2.05, 4.69) is 15.9 Å². The summed E-state index contributed by atoms with van der Waals surface area (Å²) in [7, 11) is 0. The number of benzene rings is 2. The molecule has 1 amide bonds. The van der Waals surface area contributed by atoms with Crippen molar-refractivity contribution in [3.05, 3.63) is 66.7 Å². The maximum Gasteiger partial charge on any atom is 0.418 e. The van der Waals surface area contributed by atoms with E-state index in [-0.39, 0.29) is 18.2 Å². The van der Waals surface area contributed by atoms with Crippen molar-refractivity contribution in [3.63, 3.8) is 0 Å². The molecule has 26 heavy (non-hydrogen) atoms. The number of rotatable bonds is 5. The molecule has 0 aliphatic heterocycles. The zero-order chi connectivity index (χ0) is 19.6. The van der Waals surface area contributed by atoms with Crippen LogP contribution in [0.1, 0.15) is 5.56 Å². The Bertz CT molecular complexity index is 904. The topological polar surface area (TPSA) is 107 Å². The molecule has 0 spiro atoms. The zero-order valence-corrected chi connectivity index (χ0v) is 14.0. The summed E-state index contributed by atoms with van der Waals surface area (Å²) in [4.78, 5) is 31.6. The Morgan fingerprint density at radius 3 is 2.19 bits per heavy atom. The summed E-state index contributed by atoms with van der Waals surface area (Å²) >= 11 is 3.08. The fourth-order valence-electron chi connectivity index (χ4n) is 2.19. The lowest BCUT2D eigenvalue weighted by atomic mass is 10.1. The van der Waals surface area contributed by atoms with Gasteiger partial charge in [-0.3, -0.25) is 29.9 Å².